The van der Waals surface area contributed by atoms with Crippen molar-refractivity contribution in [1.29, 1.82) is 0 Å². The Bertz CT molecular complexity index is 410. The van der Waals surface area contributed by atoms with Crippen molar-refractivity contribution in [3.8, 4) is 5.75 Å². The van der Waals surface area contributed by atoms with Gasteiger partial charge in [0.2, 0.25) is 0 Å². The summed E-state index contributed by atoms with van der Waals surface area (Å²) in [4.78, 5) is 0. The maximum absolute atomic E-state index is 10.3. The molecule has 0 saturated carbocycles. The Morgan fingerprint density at radius 2 is 2.00 bits per heavy atom. The van der Waals surface area contributed by atoms with E-state index in [-0.39, 0.29) is 0 Å². The Kier molecular flexibility index (Phi) is 5.59. The molecule has 1 saturated heterocycles. The minimum atomic E-state index is -0.620. The maximum Gasteiger partial charge on any atom is 0.119 e. The standard InChI is InChI=1S/C16H23NO3/c1-2-9-20-15-5-3-14(4-6-15)12-17-13-16(18)7-10-19-11-8-16/h2-6,17-18H,1,7-13H2. The number of hydrogen-bond acceptors (Lipinski definition) is 4. The highest BCUT2D eigenvalue weighted by Crippen LogP contribution is 2.19. The average molecular weight is 277 g/mol. The average Bonchev–Trinajstić information content (AvgIpc) is 2.47. The Morgan fingerprint density at radius 3 is 2.65 bits per heavy atom. The third kappa shape index (κ3) is 4.63. The zero-order valence-corrected chi connectivity index (χ0v) is 11.8. The molecule has 1 aromatic carbocycles. The quantitative estimate of drug-likeness (QED) is 0.747. The van der Waals surface area contributed by atoms with Crippen LogP contribution in [0.4, 0.5) is 0 Å². The number of nitrogens with one attached hydrogen (secondary N) is 1. The van der Waals surface area contributed by atoms with E-state index < -0.39 is 5.60 Å². The third-order valence-electron chi connectivity index (χ3n) is 3.50. The molecule has 0 unspecified atom stereocenters. The van der Waals surface area contributed by atoms with Crippen molar-refractivity contribution in [3.05, 3.63) is 42.5 Å². The largest absolute Gasteiger partial charge is 0.490 e. The van der Waals surface area contributed by atoms with Crippen LogP contribution < -0.4 is 10.1 Å². The van der Waals surface area contributed by atoms with E-state index in [1.165, 1.54) is 5.56 Å². The van der Waals surface area contributed by atoms with Crippen molar-refractivity contribution in [2.24, 2.45) is 0 Å². The summed E-state index contributed by atoms with van der Waals surface area (Å²) in [5.41, 5.74) is 0.553. The molecule has 1 aromatic rings. The Labute approximate surface area is 120 Å². The van der Waals surface area contributed by atoms with Crippen molar-refractivity contribution in [2.75, 3.05) is 26.4 Å². The lowest BCUT2D eigenvalue weighted by Gasteiger charge is -2.32. The summed E-state index contributed by atoms with van der Waals surface area (Å²) < 4.78 is 10.7. The van der Waals surface area contributed by atoms with Gasteiger partial charge < -0.3 is 19.9 Å². The molecule has 0 atom stereocenters. The minimum Gasteiger partial charge on any atom is -0.490 e. The highest BCUT2D eigenvalue weighted by atomic mass is 16.5. The summed E-state index contributed by atoms with van der Waals surface area (Å²) in [5, 5.41) is 13.6. The molecule has 0 aromatic heterocycles. The number of rotatable bonds is 7. The van der Waals surface area contributed by atoms with Gasteiger partial charge in [0.25, 0.3) is 0 Å². The topological polar surface area (TPSA) is 50.7 Å². The monoisotopic (exact) mass is 277 g/mol. The molecule has 4 nitrogen and oxygen atoms in total. The van der Waals surface area contributed by atoms with Gasteiger partial charge in [-0.15, -0.1) is 0 Å². The van der Waals surface area contributed by atoms with Crippen molar-refractivity contribution in [1.82, 2.24) is 5.32 Å². The molecule has 0 spiro atoms. The van der Waals surface area contributed by atoms with E-state index in [2.05, 4.69) is 11.9 Å². The van der Waals surface area contributed by atoms with Gasteiger partial charge in [-0.3, -0.25) is 0 Å². The zero-order chi connectivity index (χ0) is 14.3. The molecular weight excluding hydrogens is 254 g/mol. The van der Waals surface area contributed by atoms with Gasteiger partial charge in [-0.1, -0.05) is 24.8 Å². The molecular formula is C16H23NO3. The lowest BCUT2D eigenvalue weighted by atomic mass is 9.94. The first-order valence-corrected chi connectivity index (χ1v) is 7.05. The zero-order valence-electron chi connectivity index (χ0n) is 11.8. The van der Waals surface area contributed by atoms with E-state index >= 15 is 0 Å². The molecule has 2 N–H and O–H groups in total. The smallest absolute Gasteiger partial charge is 0.119 e. The maximum atomic E-state index is 10.3. The van der Waals surface area contributed by atoms with Crippen molar-refractivity contribution < 1.29 is 14.6 Å². The van der Waals surface area contributed by atoms with Crippen molar-refractivity contribution in [2.45, 2.75) is 25.0 Å². The van der Waals surface area contributed by atoms with Gasteiger partial charge in [0.1, 0.15) is 12.4 Å². The summed E-state index contributed by atoms with van der Waals surface area (Å²) in [7, 11) is 0. The molecule has 2 rings (SSSR count). The second-order valence-corrected chi connectivity index (χ2v) is 5.18. The Balaban J connectivity index is 1.74. The predicted octanol–water partition coefficient (Wildman–Crippen LogP) is 1.88. The van der Waals surface area contributed by atoms with Gasteiger partial charge in [0.15, 0.2) is 0 Å². The second-order valence-electron chi connectivity index (χ2n) is 5.18. The molecule has 1 heterocycles. The van der Waals surface area contributed by atoms with Crippen LogP contribution in [0.3, 0.4) is 0 Å². The van der Waals surface area contributed by atoms with E-state index in [0.29, 0.717) is 39.2 Å². The van der Waals surface area contributed by atoms with E-state index in [1.54, 1.807) is 6.08 Å². The first kappa shape index (κ1) is 15.0. The van der Waals surface area contributed by atoms with Crippen LogP contribution in [0.1, 0.15) is 18.4 Å². The number of benzene rings is 1. The highest BCUT2D eigenvalue weighted by molar-refractivity contribution is 5.27. The molecule has 110 valence electrons. The molecule has 4 heteroatoms. The van der Waals surface area contributed by atoms with Crippen LogP contribution in [-0.2, 0) is 11.3 Å². The molecule has 0 aliphatic carbocycles. The molecule has 0 bridgehead atoms. The summed E-state index contributed by atoms with van der Waals surface area (Å²) in [6, 6.07) is 7.95. The predicted molar refractivity (Wildman–Crippen MR) is 78.8 cm³/mol. The van der Waals surface area contributed by atoms with Crippen LogP contribution in [-0.4, -0.2) is 37.1 Å². The van der Waals surface area contributed by atoms with E-state index in [1.807, 2.05) is 24.3 Å². The van der Waals surface area contributed by atoms with Crippen molar-refractivity contribution >= 4 is 0 Å². The Morgan fingerprint density at radius 1 is 1.30 bits per heavy atom. The summed E-state index contributed by atoms with van der Waals surface area (Å²) in [6.45, 7) is 6.77. The van der Waals surface area contributed by atoms with Crippen molar-refractivity contribution in [3.63, 3.8) is 0 Å². The van der Waals surface area contributed by atoms with Gasteiger partial charge in [0, 0.05) is 39.1 Å². The fraction of sp³-hybridized carbons (Fsp3) is 0.500. The molecule has 0 radical (unpaired) electrons. The summed E-state index contributed by atoms with van der Waals surface area (Å²) >= 11 is 0. The molecule has 1 fully saturated rings. The van der Waals surface area contributed by atoms with Crippen LogP contribution >= 0.6 is 0 Å². The summed E-state index contributed by atoms with van der Waals surface area (Å²) in [5.74, 6) is 0.844. The lowest BCUT2D eigenvalue weighted by molar-refractivity contribution is -0.0617. The van der Waals surface area contributed by atoms with Crippen LogP contribution in [0.5, 0.6) is 5.75 Å². The van der Waals surface area contributed by atoms with Gasteiger partial charge in [-0.25, -0.2) is 0 Å². The molecule has 1 aliphatic rings. The second kappa shape index (κ2) is 7.43. The first-order chi connectivity index (χ1) is 9.72. The minimum absolute atomic E-state index is 0.521. The van der Waals surface area contributed by atoms with Crippen LogP contribution in [0.25, 0.3) is 0 Å². The van der Waals surface area contributed by atoms with Crippen LogP contribution in [0.15, 0.2) is 36.9 Å². The fourth-order valence-electron chi connectivity index (χ4n) is 2.23. The van der Waals surface area contributed by atoms with Gasteiger partial charge >= 0.3 is 0 Å². The SMILES string of the molecule is C=CCOc1ccc(CNCC2(O)CCOCC2)cc1. The highest BCUT2D eigenvalue weighted by Gasteiger charge is 2.28. The number of ether oxygens (including phenoxy) is 2. The van der Waals surface area contributed by atoms with Gasteiger partial charge in [-0.2, -0.15) is 0 Å². The van der Waals surface area contributed by atoms with E-state index in [9.17, 15) is 5.11 Å². The van der Waals surface area contributed by atoms with Crippen LogP contribution in [0, 0.1) is 0 Å². The molecule has 1 aliphatic heterocycles. The summed E-state index contributed by atoms with van der Waals surface area (Å²) in [6.07, 6.45) is 3.13. The van der Waals surface area contributed by atoms with Crippen LogP contribution in [0.2, 0.25) is 0 Å². The normalized spacial score (nSPS) is 17.6. The van der Waals surface area contributed by atoms with E-state index in [0.717, 1.165) is 12.3 Å². The fourth-order valence-corrected chi connectivity index (χ4v) is 2.23. The molecule has 0 amide bonds. The Hall–Kier alpha value is -1.36. The number of aliphatic hydroxyl groups is 1. The van der Waals surface area contributed by atoms with Gasteiger partial charge in [-0.05, 0) is 17.7 Å². The first-order valence-electron chi connectivity index (χ1n) is 7.05. The molecule has 20 heavy (non-hydrogen) atoms. The lowest BCUT2D eigenvalue weighted by Crippen LogP contribution is -2.44. The van der Waals surface area contributed by atoms with E-state index in [4.69, 9.17) is 9.47 Å². The third-order valence-corrected chi connectivity index (χ3v) is 3.50. The number of hydrogen-bond donors (Lipinski definition) is 2. The van der Waals surface area contributed by atoms with Gasteiger partial charge in [0.05, 0.1) is 5.60 Å².